The normalized spacial score (nSPS) is 15.0. The number of hydrogen-bond acceptors (Lipinski definition) is 5. The summed E-state index contributed by atoms with van der Waals surface area (Å²) in [5.41, 5.74) is 0.392. The van der Waals surface area contributed by atoms with Gasteiger partial charge in [0.2, 0.25) is 5.91 Å². The van der Waals surface area contributed by atoms with Crippen LogP contribution < -0.4 is 25.4 Å². The summed E-state index contributed by atoms with van der Waals surface area (Å²) in [6, 6.07) is 4.56. The van der Waals surface area contributed by atoms with E-state index in [-0.39, 0.29) is 11.8 Å². The molecule has 0 saturated carbocycles. The molecule has 0 unspecified atom stereocenters. The quantitative estimate of drug-likeness (QED) is 0.781. The van der Waals surface area contributed by atoms with Gasteiger partial charge in [-0.05, 0) is 38.1 Å². The maximum atomic E-state index is 12.0. The first kappa shape index (κ1) is 16.1. The van der Waals surface area contributed by atoms with Crippen molar-refractivity contribution in [1.29, 1.82) is 0 Å². The molecule has 1 aromatic rings. The topological polar surface area (TPSA) is 88.7 Å². The van der Waals surface area contributed by atoms with Crippen LogP contribution in [0.2, 0.25) is 0 Å². The van der Waals surface area contributed by atoms with Gasteiger partial charge in [-0.3, -0.25) is 10.1 Å². The van der Waals surface area contributed by atoms with Crippen molar-refractivity contribution in [3.63, 3.8) is 0 Å². The number of imide groups is 1. The van der Waals surface area contributed by atoms with Gasteiger partial charge in [0.05, 0.1) is 14.2 Å². The van der Waals surface area contributed by atoms with Gasteiger partial charge in [-0.25, -0.2) is 4.79 Å². The van der Waals surface area contributed by atoms with Crippen LogP contribution in [0.3, 0.4) is 0 Å². The molecule has 1 aliphatic heterocycles. The van der Waals surface area contributed by atoms with Crippen molar-refractivity contribution in [2.24, 2.45) is 5.92 Å². The average Bonchev–Trinajstić information content (AvgIpc) is 2.55. The fraction of sp³-hybridized carbons (Fsp3) is 0.467. The fourth-order valence-corrected chi connectivity index (χ4v) is 2.42. The van der Waals surface area contributed by atoms with Crippen LogP contribution in [0.5, 0.6) is 11.5 Å². The van der Waals surface area contributed by atoms with E-state index in [0.29, 0.717) is 17.2 Å². The molecule has 1 saturated heterocycles. The number of carbonyl (C=O) groups excluding carboxylic acids is 2. The molecule has 120 valence electrons. The third-order valence-electron chi connectivity index (χ3n) is 3.61. The molecule has 7 heteroatoms. The highest BCUT2D eigenvalue weighted by molar-refractivity contribution is 6.03. The molecule has 7 nitrogen and oxygen atoms in total. The molecule has 0 spiro atoms. The Morgan fingerprint density at radius 3 is 2.27 bits per heavy atom. The van der Waals surface area contributed by atoms with Gasteiger partial charge in [-0.2, -0.15) is 0 Å². The van der Waals surface area contributed by atoms with Gasteiger partial charge in [-0.1, -0.05) is 6.07 Å². The van der Waals surface area contributed by atoms with E-state index in [0.717, 1.165) is 25.9 Å². The van der Waals surface area contributed by atoms with E-state index < -0.39 is 6.03 Å². The number of nitrogens with one attached hydrogen (secondary N) is 3. The van der Waals surface area contributed by atoms with Crippen LogP contribution in [-0.4, -0.2) is 39.2 Å². The number of anilines is 1. The highest BCUT2D eigenvalue weighted by Gasteiger charge is 2.23. The second kappa shape index (κ2) is 7.65. The summed E-state index contributed by atoms with van der Waals surface area (Å²) in [4.78, 5) is 24.1. The molecule has 0 aliphatic carbocycles. The van der Waals surface area contributed by atoms with E-state index in [1.165, 1.54) is 14.2 Å². The Labute approximate surface area is 129 Å². The van der Waals surface area contributed by atoms with E-state index in [4.69, 9.17) is 9.47 Å². The van der Waals surface area contributed by atoms with Gasteiger partial charge in [-0.15, -0.1) is 0 Å². The summed E-state index contributed by atoms with van der Waals surface area (Å²) in [6.07, 6.45) is 1.47. The van der Waals surface area contributed by atoms with Crippen molar-refractivity contribution in [3.05, 3.63) is 18.2 Å². The maximum Gasteiger partial charge on any atom is 0.326 e. The standard InChI is InChI=1S/C15H21N3O4/c1-21-11-4-3-5-12(22-2)13(11)17-15(20)18-14(19)10-6-8-16-9-7-10/h3-5,10,16H,6-9H2,1-2H3,(H2,17,18,19,20). The minimum atomic E-state index is -0.591. The fourth-order valence-electron chi connectivity index (χ4n) is 2.42. The van der Waals surface area contributed by atoms with Crippen molar-refractivity contribution < 1.29 is 19.1 Å². The lowest BCUT2D eigenvalue weighted by molar-refractivity contribution is -0.124. The monoisotopic (exact) mass is 307 g/mol. The molecule has 2 rings (SSSR count). The number of methoxy groups -OCH3 is 2. The summed E-state index contributed by atoms with van der Waals surface area (Å²) in [7, 11) is 3.00. The van der Waals surface area contributed by atoms with Gasteiger partial charge in [0.25, 0.3) is 0 Å². The molecule has 22 heavy (non-hydrogen) atoms. The van der Waals surface area contributed by atoms with E-state index >= 15 is 0 Å². The first-order valence-electron chi connectivity index (χ1n) is 7.19. The van der Waals surface area contributed by atoms with Crippen molar-refractivity contribution in [2.75, 3.05) is 32.6 Å². The van der Waals surface area contributed by atoms with Crippen LogP contribution in [0.4, 0.5) is 10.5 Å². The highest BCUT2D eigenvalue weighted by atomic mass is 16.5. The molecule has 0 aromatic heterocycles. The predicted octanol–water partition coefficient (Wildman–Crippen LogP) is 1.35. The number of amides is 3. The lowest BCUT2D eigenvalue weighted by atomic mass is 9.97. The average molecular weight is 307 g/mol. The van der Waals surface area contributed by atoms with Crippen LogP contribution in [0.1, 0.15) is 12.8 Å². The van der Waals surface area contributed by atoms with Gasteiger partial charge < -0.3 is 20.1 Å². The highest BCUT2D eigenvalue weighted by Crippen LogP contribution is 2.33. The minimum Gasteiger partial charge on any atom is -0.494 e. The summed E-state index contributed by atoms with van der Waals surface area (Å²) < 4.78 is 10.4. The second-order valence-corrected chi connectivity index (χ2v) is 5.01. The molecule has 3 N–H and O–H groups in total. The largest absolute Gasteiger partial charge is 0.494 e. The smallest absolute Gasteiger partial charge is 0.326 e. The number of hydrogen-bond donors (Lipinski definition) is 3. The van der Waals surface area contributed by atoms with E-state index in [9.17, 15) is 9.59 Å². The first-order valence-corrected chi connectivity index (χ1v) is 7.19. The zero-order valence-electron chi connectivity index (χ0n) is 12.8. The SMILES string of the molecule is COc1cccc(OC)c1NC(=O)NC(=O)C1CCNCC1. The molecule has 0 bridgehead atoms. The van der Waals surface area contributed by atoms with Crippen LogP contribution in [-0.2, 0) is 4.79 Å². The Hall–Kier alpha value is -2.28. The molecule has 1 fully saturated rings. The minimum absolute atomic E-state index is 0.133. The number of rotatable bonds is 4. The third-order valence-corrected chi connectivity index (χ3v) is 3.61. The van der Waals surface area contributed by atoms with E-state index in [1.807, 2.05) is 0 Å². The summed E-state index contributed by atoms with van der Waals surface area (Å²) in [5, 5.41) is 8.17. The Morgan fingerprint density at radius 1 is 1.14 bits per heavy atom. The molecular formula is C15H21N3O4. The van der Waals surface area contributed by atoms with Gasteiger partial charge >= 0.3 is 6.03 Å². The molecular weight excluding hydrogens is 286 g/mol. The number of benzene rings is 1. The second-order valence-electron chi connectivity index (χ2n) is 5.01. The molecule has 0 radical (unpaired) electrons. The third kappa shape index (κ3) is 3.88. The zero-order valence-corrected chi connectivity index (χ0v) is 12.8. The van der Waals surface area contributed by atoms with Crippen molar-refractivity contribution in [2.45, 2.75) is 12.8 Å². The number of urea groups is 1. The summed E-state index contributed by atoms with van der Waals surface area (Å²) >= 11 is 0. The molecule has 1 heterocycles. The molecule has 1 aliphatic rings. The zero-order chi connectivity index (χ0) is 15.9. The van der Waals surface area contributed by atoms with Crippen molar-refractivity contribution >= 4 is 17.6 Å². The molecule has 0 atom stereocenters. The predicted molar refractivity (Wildman–Crippen MR) is 82.3 cm³/mol. The van der Waals surface area contributed by atoms with Gasteiger partial charge in [0.1, 0.15) is 17.2 Å². The van der Waals surface area contributed by atoms with Crippen LogP contribution >= 0.6 is 0 Å². The number of piperidine rings is 1. The van der Waals surface area contributed by atoms with Crippen molar-refractivity contribution in [3.8, 4) is 11.5 Å². The van der Waals surface area contributed by atoms with Crippen LogP contribution in [0, 0.1) is 5.92 Å². The van der Waals surface area contributed by atoms with Crippen LogP contribution in [0.15, 0.2) is 18.2 Å². The van der Waals surface area contributed by atoms with E-state index in [2.05, 4.69) is 16.0 Å². The Morgan fingerprint density at radius 2 is 1.73 bits per heavy atom. The number of ether oxygens (including phenoxy) is 2. The summed E-state index contributed by atoms with van der Waals surface area (Å²) in [6.45, 7) is 1.58. The lowest BCUT2D eigenvalue weighted by Crippen LogP contribution is -2.42. The number of para-hydroxylation sites is 1. The Balaban J connectivity index is 2.01. The first-order chi connectivity index (χ1) is 10.7. The molecule has 3 amide bonds. The maximum absolute atomic E-state index is 12.0. The van der Waals surface area contributed by atoms with Gasteiger partial charge in [0, 0.05) is 5.92 Å². The number of carbonyl (C=O) groups is 2. The lowest BCUT2D eigenvalue weighted by Gasteiger charge is -2.21. The Bertz CT molecular complexity index is 519. The van der Waals surface area contributed by atoms with Gasteiger partial charge in [0.15, 0.2) is 0 Å². The Kier molecular flexibility index (Phi) is 5.60. The van der Waals surface area contributed by atoms with Crippen molar-refractivity contribution in [1.82, 2.24) is 10.6 Å². The molecule has 1 aromatic carbocycles. The summed E-state index contributed by atoms with van der Waals surface area (Å²) in [5.74, 6) is 0.534. The van der Waals surface area contributed by atoms with E-state index in [1.54, 1.807) is 18.2 Å². The van der Waals surface area contributed by atoms with Crippen LogP contribution in [0.25, 0.3) is 0 Å².